The molecule has 8 heteroatoms. The van der Waals surface area contributed by atoms with E-state index in [0.29, 0.717) is 42.1 Å². The number of nitrogens with zero attached hydrogens (tertiary/aromatic N) is 4. The Hall–Kier alpha value is -3.52. The zero-order chi connectivity index (χ0) is 23.9. The number of hydrogen-bond donors (Lipinski definition) is 1. The number of likely N-dealkylation sites (tertiary alicyclic amines) is 1. The van der Waals surface area contributed by atoms with Gasteiger partial charge in [-0.15, -0.1) is 0 Å². The normalized spacial score (nSPS) is 18.1. The number of carbonyl (C=O) groups excluding carboxylic acids is 2. The zero-order valence-corrected chi connectivity index (χ0v) is 19.2. The average molecular weight is 451 g/mol. The summed E-state index contributed by atoms with van der Waals surface area (Å²) in [7, 11) is 3.85. The van der Waals surface area contributed by atoms with E-state index in [1.807, 2.05) is 38.1 Å². The van der Waals surface area contributed by atoms with Crippen molar-refractivity contribution in [3.8, 4) is 0 Å². The fourth-order valence-corrected chi connectivity index (χ4v) is 4.42. The third-order valence-corrected chi connectivity index (χ3v) is 5.95. The Morgan fingerprint density at radius 1 is 1.18 bits per heavy atom. The summed E-state index contributed by atoms with van der Waals surface area (Å²) in [4.78, 5) is 34.2. The highest BCUT2D eigenvalue weighted by Crippen LogP contribution is 2.40. The molecule has 0 aliphatic carbocycles. The van der Waals surface area contributed by atoms with Gasteiger partial charge < -0.3 is 14.9 Å². The van der Waals surface area contributed by atoms with E-state index in [2.05, 4.69) is 4.98 Å². The average Bonchev–Trinajstić information content (AvgIpc) is 3.23. The summed E-state index contributed by atoms with van der Waals surface area (Å²) in [5.74, 6) is -2.28. The number of pyridine rings is 1. The maximum atomic E-state index is 14.1. The van der Waals surface area contributed by atoms with Crippen molar-refractivity contribution in [1.29, 1.82) is 0 Å². The number of amides is 1. The molecule has 0 saturated carbocycles. The van der Waals surface area contributed by atoms with Gasteiger partial charge in [0.25, 0.3) is 11.7 Å². The van der Waals surface area contributed by atoms with Gasteiger partial charge in [0.2, 0.25) is 0 Å². The first-order chi connectivity index (χ1) is 15.7. The number of aliphatic hydroxyl groups is 1. The van der Waals surface area contributed by atoms with Crippen LogP contribution in [0.4, 0.5) is 4.39 Å². The van der Waals surface area contributed by atoms with Gasteiger partial charge in [0, 0.05) is 12.7 Å². The van der Waals surface area contributed by atoms with Crippen molar-refractivity contribution < 1.29 is 19.1 Å². The molecule has 1 aliphatic rings. The van der Waals surface area contributed by atoms with Gasteiger partial charge in [-0.3, -0.25) is 14.0 Å². The third-order valence-electron chi connectivity index (χ3n) is 5.95. The lowest BCUT2D eigenvalue weighted by Crippen LogP contribution is -2.32. The van der Waals surface area contributed by atoms with Crippen molar-refractivity contribution in [3.63, 3.8) is 0 Å². The molecule has 0 bridgehead atoms. The summed E-state index contributed by atoms with van der Waals surface area (Å²) in [6.45, 7) is 4.66. The predicted octanol–water partition coefficient (Wildman–Crippen LogP) is 3.46. The molecule has 1 amide bonds. The van der Waals surface area contributed by atoms with Crippen molar-refractivity contribution in [3.05, 3.63) is 76.5 Å². The molecule has 1 N–H and O–H groups in total. The standard InChI is InChI=1S/C25H27FN4O3/c1-15-8-6-12-29-20(16(2)27-24(15)29)22(31)19-21(17-9-5-10-18(26)14-17)30(25(33)23(19)32)13-7-11-28(3)4/h5-6,8-10,12,14,21,31H,7,11,13H2,1-4H3/b22-19+. The van der Waals surface area contributed by atoms with Gasteiger partial charge in [0.1, 0.15) is 17.2 Å². The van der Waals surface area contributed by atoms with Crippen LogP contribution in [0, 0.1) is 19.7 Å². The summed E-state index contributed by atoms with van der Waals surface area (Å²) < 4.78 is 15.8. The van der Waals surface area contributed by atoms with Crippen molar-refractivity contribution in [1.82, 2.24) is 19.2 Å². The number of ketones is 1. The van der Waals surface area contributed by atoms with Crippen LogP contribution in [0.5, 0.6) is 0 Å². The van der Waals surface area contributed by atoms with E-state index >= 15 is 0 Å². The number of rotatable bonds is 6. The first-order valence-electron chi connectivity index (χ1n) is 10.8. The largest absolute Gasteiger partial charge is 0.505 e. The molecule has 172 valence electrons. The van der Waals surface area contributed by atoms with Gasteiger partial charge in [0.15, 0.2) is 5.76 Å². The topological polar surface area (TPSA) is 78.1 Å². The van der Waals surface area contributed by atoms with Gasteiger partial charge in [0.05, 0.1) is 17.3 Å². The molecule has 1 fully saturated rings. The van der Waals surface area contributed by atoms with E-state index in [1.54, 1.807) is 23.6 Å². The number of carbonyl (C=O) groups is 2. The van der Waals surface area contributed by atoms with Crippen LogP contribution in [-0.4, -0.2) is 63.2 Å². The number of imidazole rings is 1. The number of halogens is 1. The van der Waals surface area contributed by atoms with Gasteiger partial charge in [-0.25, -0.2) is 9.37 Å². The second kappa shape index (κ2) is 8.78. The lowest BCUT2D eigenvalue weighted by atomic mass is 9.96. The molecule has 3 heterocycles. The maximum Gasteiger partial charge on any atom is 0.295 e. The lowest BCUT2D eigenvalue weighted by Gasteiger charge is -2.26. The van der Waals surface area contributed by atoms with Crippen LogP contribution < -0.4 is 0 Å². The Kier molecular flexibility index (Phi) is 6.03. The highest BCUT2D eigenvalue weighted by molar-refractivity contribution is 6.46. The van der Waals surface area contributed by atoms with Crippen LogP contribution in [0.2, 0.25) is 0 Å². The number of aryl methyl sites for hydroxylation is 2. The predicted molar refractivity (Wildman–Crippen MR) is 123 cm³/mol. The summed E-state index contributed by atoms with van der Waals surface area (Å²) in [6, 6.07) is 8.64. The summed E-state index contributed by atoms with van der Waals surface area (Å²) in [5, 5.41) is 11.4. The van der Waals surface area contributed by atoms with E-state index in [-0.39, 0.29) is 11.3 Å². The van der Waals surface area contributed by atoms with Crippen molar-refractivity contribution in [2.45, 2.75) is 26.3 Å². The highest BCUT2D eigenvalue weighted by atomic mass is 19.1. The first-order valence-corrected chi connectivity index (χ1v) is 10.8. The lowest BCUT2D eigenvalue weighted by molar-refractivity contribution is -0.139. The van der Waals surface area contributed by atoms with E-state index in [1.165, 1.54) is 23.1 Å². The fraction of sp³-hybridized carbons (Fsp3) is 0.320. The molecule has 1 saturated heterocycles. The Morgan fingerprint density at radius 3 is 2.64 bits per heavy atom. The molecule has 1 unspecified atom stereocenters. The van der Waals surface area contributed by atoms with Gasteiger partial charge in [-0.05, 0) is 70.2 Å². The maximum absolute atomic E-state index is 14.1. The number of fused-ring (bicyclic) bond motifs is 1. The van der Waals surface area contributed by atoms with Crippen LogP contribution in [0.25, 0.3) is 11.4 Å². The Morgan fingerprint density at radius 2 is 1.94 bits per heavy atom. The molecule has 2 aromatic heterocycles. The van der Waals surface area contributed by atoms with Crippen LogP contribution in [0.3, 0.4) is 0 Å². The summed E-state index contributed by atoms with van der Waals surface area (Å²) in [6.07, 6.45) is 2.38. The fourth-order valence-electron chi connectivity index (χ4n) is 4.42. The second-order valence-electron chi connectivity index (χ2n) is 8.63. The Balaban J connectivity index is 1.90. The molecule has 33 heavy (non-hydrogen) atoms. The second-order valence-corrected chi connectivity index (χ2v) is 8.63. The van der Waals surface area contributed by atoms with Crippen LogP contribution in [-0.2, 0) is 9.59 Å². The van der Waals surface area contributed by atoms with E-state index < -0.39 is 23.5 Å². The van der Waals surface area contributed by atoms with Crippen LogP contribution in [0.15, 0.2) is 48.2 Å². The SMILES string of the molecule is Cc1nc2c(C)cccn2c1/C(O)=C1\C(=O)C(=O)N(CCCN(C)C)C1c1cccc(F)c1. The van der Waals surface area contributed by atoms with E-state index in [4.69, 9.17) is 0 Å². The van der Waals surface area contributed by atoms with Gasteiger partial charge in [-0.1, -0.05) is 18.2 Å². The third kappa shape index (κ3) is 4.02. The molecular weight excluding hydrogens is 423 g/mol. The van der Waals surface area contributed by atoms with Crippen LogP contribution >= 0.6 is 0 Å². The number of aromatic nitrogens is 2. The van der Waals surface area contributed by atoms with Crippen LogP contribution in [0.1, 0.15) is 35.0 Å². The van der Waals surface area contributed by atoms with Crippen molar-refractivity contribution in [2.24, 2.45) is 0 Å². The van der Waals surface area contributed by atoms with Gasteiger partial charge >= 0.3 is 0 Å². The molecule has 0 spiro atoms. The van der Waals surface area contributed by atoms with Gasteiger partial charge in [-0.2, -0.15) is 0 Å². The molecule has 1 aliphatic heterocycles. The molecule has 1 aromatic carbocycles. The molecule has 0 radical (unpaired) electrons. The molecular formula is C25H27FN4O3. The number of Topliss-reactive ketones (excluding diaryl/α,β-unsaturated/α-hetero) is 1. The van der Waals surface area contributed by atoms with Crippen molar-refractivity contribution >= 4 is 23.1 Å². The smallest absolute Gasteiger partial charge is 0.295 e. The van der Waals surface area contributed by atoms with Crippen molar-refractivity contribution in [2.75, 3.05) is 27.2 Å². The van der Waals surface area contributed by atoms with E-state index in [9.17, 15) is 19.1 Å². The zero-order valence-electron chi connectivity index (χ0n) is 19.2. The minimum absolute atomic E-state index is 0.0538. The number of hydrogen-bond acceptors (Lipinski definition) is 5. The first kappa shape index (κ1) is 22.7. The Labute approximate surface area is 191 Å². The minimum atomic E-state index is -0.891. The quantitative estimate of drug-likeness (QED) is 0.354. The monoisotopic (exact) mass is 450 g/mol. The number of benzene rings is 1. The highest BCUT2D eigenvalue weighted by Gasteiger charge is 2.46. The summed E-state index contributed by atoms with van der Waals surface area (Å²) >= 11 is 0. The number of aliphatic hydroxyl groups excluding tert-OH is 1. The molecule has 7 nitrogen and oxygen atoms in total. The molecule has 4 rings (SSSR count). The Bertz CT molecular complexity index is 1280. The molecule has 1 atom stereocenters. The van der Waals surface area contributed by atoms with E-state index in [0.717, 1.165) is 5.56 Å². The molecule has 3 aromatic rings. The minimum Gasteiger partial charge on any atom is -0.505 e. The summed E-state index contributed by atoms with van der Waals surface area (Å²) in [5.41, 5.74) is 2.81.